The molecule has 1 heterocycles. The lowest BCUT2D eigenvalue weighted by molar-refractivity contribution is 0.215. The predicted octanol–water partition coefficient (Wildman–Crippen LogP) is 4.35. The van der Waals surface area contributed by atoms with Crippen LogP contribution >= 0.6 is 38.9 Å². The number of rotatable bonds is 6. The van der Waals surface area contributed by atoms with Gasteiger partial charge >= 0.3 is 0 Å². The zero-order valence-electron chi connectivity index (χ0n) is 9.17. The summed E-state index contributed by atoms with van der Waals surface area (Å²) in [5.74, 6) is 0.745. The van der Waals surface area contributed by atoms with Gasteiger partial charge in [-0.25, -0.2) is 0 Å². The van der Waals surface area contributed by atoms with Crippen molar-refractivity contribution >= 4 is 38.9 Å². The van der Waals surface area contributed by atoms with Crippen molar-refractivity contribution in [3.63, 3.8) is 0 Å². The van der Waals surface area contributed by atoms with Crippen LogP contribution in [-0.2, 0) is 6.54 Å². The van der Waals surface area contributed by atoms with Crippen molar-refractivity contribution in [2.24, 2.45) is 0 Å². The van der Waals surface area contributed by atoms with Gasteiger partial charge in [0.05, 0.1) is 0 Å². The van der Waals surface area contributed by atoms with Crippen LogP contribution in [0, 0.1) is 0 Å². The van der Waals surface area contributed by atoms with Gasteiger partial charge < -0.3 is 0 Å². The van der Waals surface area contributed by atoms with Crippen molar-refractivity contribution in [1.82, 2.24) is 4.90 Å². The van der Waals surface area contributed by atoms with Gasteiger partial charge in [-0.15, -0.1) is 22.9 Å². The van der Waals surface area contributed by atoms with Crippen molar-refractivity contribution in [2.75, 3.05) is 12.4 Å². The van der Waals surface area contributed by atoms with Crippen LogP contribution < -0.4 is 0 Å². The van der Waals surface area contributed by atoms with Gasteiger partial charge in [-0.05, 0) is 54.2 Å². The van der Waals surface area contributed by atoms with E-state index in [4.69, 9.17) is 11.6 Å². The van der Waals surface area contributed by atoms with Crippen molar-refractivity contribution in [2.45, 2.75) is 32.9 Å². The van der Waals surface area contributed by atoms with Crippen molar-refractivity contribution in [3.8, 4) is 0 Å². The Morgan fingerprint density at radius 1 is 1.53 bits per heavy atom. The van der Waals surface area contributed by atoms with Gasteiger partial charge in [0.2, 0.25) is 0 Å². The molecule has 0 radical (unpaired) electrons. The molecule has 0 N–H and O–H groups in total. The molecule has 4 heteroatoms. The van der Waals surface area contributed by atoms with E-state index in [0.29, 0.717) is 6.04 Å². The van der Waals surface area contributed by atoms with E-state index < -0.39 is 0 Å². The normalized spacial score (nSPS) is 11.6. The smallest absolute Gasteiger partial charge is 0.0341 e. The van der Waals surface area contributed by atoms with Crippen LogP contribution in [-0.4, -0.2) is 23.4 Å². The molecule has 0 saturated heterocycles. The van der Waals surface area contributed by atoms with E-state index >= 15 is 0 Å². The second kappa shape index (κ2) is 6.89. The zero-order valence-corrected chi connectivity index (χ0v) is 12.3. The second-order valence-corrected chi connectivity index (χ2v) is 6.03. The fourth-order valence-corrected chi connectivity index (χ4v) is 3.03. The molecule has 1 rings (SSSR count). The van der Waals surface area contributed by atoms with Gasteiger partial charge in [0.1, 0.15) is 0 Å². The third-order valence-electron chi connectivity index (χ3n) is 2.35. The zero-order chi connectivity index (χ0) is 11.3. The Balaban J connectivity index is 2.54. The molecule has 0 saturated carbocycles. The predicted molar refractivity (Wildman–Crippen MR) is 72.9 cm³/mol. The van der Waals surface area contributed by atoms with Crippen LogP contribution in [0.4, 0.5) is 0 Å². The summed E-state index contributed by atoms with van der Waals surface area (Å²) in [6.07, 6.45) is 1.06. The van der Waals surface area contributed by atoms with Crippen LogP contribution in [0.15, 0.2) is 15.9 Å². The molecule has 1 aromatic rings. The van der Waals surface area contributed by atoms with Gasteiger partial charge in [0.15, 0.2) is 0 Å². The molecule has 0 bridgehead atoms. The maximum atomic E-state index is 5.73. The van der Waals surface area contributed by atoms with E-state index in [2.05, 4.69) is 46.1 Å². The third kappa shape index (κ3) is 4.43. The third-order valence-corrected chi connectivity index (χ3v) is 4.53. The minimum Gasteiger partial charge on any atom is -0.296 e. The lowest BCUT2D eigenvalue weighted by atomic mass is 10.3. The molecule has 1 nitrogen and oxygen atoms in total. The Morgan fingerprint density at radius 3 is 2.73 bits per heavy atom. The molecule has 0 aliphatic rings. The SMILES string of the molecule is CC(C)N(CCCCl)Cc1sccc1Br. The standard InChI is InChI=1S/C11H17BrClNS/c1-9(2)14(6-3-5-13)8-11-10(12)4-7-15-11/h4,7,9H,3,5-6,8H2,1-2H3. The van der Waals surface area contributed by atoms with E-state index in [1.54, 1.807) is 0 Å². The van der Waals surface area contributed by atoms with Crippen molar-refractivity contribution < 1.29 is 0 Å². The molecule has 86 valence electrons. The maximum Gasteiger partial charge on any atom is 0.0341 e. The summed E-state index contributed by atoms with van der Waals surface area (Å²) in [7, 11) is 0. The highest BCUT2D eigenvalue weighted by Gasteiger charge is 2.12. The molecule has 0 aromatic carbocycles. The molecule has 0 aliphatic heterocycles. The molecule has 0 unspecified atom stereocenters. The van der Waals surface area contributed by atoms with Crippen LogP contribution in [0.3, 0.4) is 0 Å². The number of hydrogen-bond acceptors (Lipinski definition) is 2. The molecular weight excluding hydrogens is 294 g/mol. The van der Waals surface area contributed by atoms with E-state index in [1.807, 2.05) is 11.3 Å². The Morgan fingerprint density at radius 2 is 2.27 bits per heavy atom. The lowest BCUT2D eigenvalue weighted by Gasteiger charge is -2.25. The number of alkyl halides is 1. The molecule has 15 heavy (non-hydrogen) atoms. The summed E-state index contributed by atoms with van der Waals surface area (Å²) in [4.78, 5) is 3.86. The Hall–Kier alpha value is 0.430. The summed E-state index contributed by atoms with van der Waals surface area (Å²) in [5, 5.41) is 2.12. The Kier molecular flexibility index (Phi) is 6.20. The topological polar surface area (TPSA) is 3.24 Å². The Bertz CT molecular complexity index is 288. The highest BCUT2D eigenvalue weighted by Crippen LogP contribution is 2.24. The first kappa shape index (κ1) is 13.5. The Labute approximate surface area is 110 Å². The average Bonchev–Trinajstić information content (AvgIpc) is 2.58. The lowest BCUT2D eigenvalue weighted by Crippen LogP contribution is -2.31. The first-order valence-corrected chi connectivity index (χ1v) is 7.37. The maximum absolute atomic E-state index is 5.73. The van der Waals surface area contributed by atoms with Gasteiger partial charge in [0, 0.05) is 27.8 Å². The number of thiophene rings is 1. The average molecular weight is 311 g/mol. The van der Waals surface area contributed by atoms with Crippen LogP contribution in [0.2, 0.25) is 0 Å². The first-order valence-electron chi connectivity index (χ1n) is 5.17. The molecule has 1 aromatic heterocycles. The largest absolute Gasteiger partial charge is 0.296 e. The number of halogens is 2. The number of hydrogen-bond donors (Lipinski definition) is 0. The van der Waals surface area contributed by atoms with Crippen LogP contribution in [0.5, 0.6) is 0 Å². The second-order valence-electron chi connectivity index (χ2n) is 3.80. The summed E-state index contributed by atoms with van der Waals surface area (Å²) < 4.78 is 1.23. The van der Waals surface area contributed by atoms with E-state index in [9.17, 15) is 0 Å². The monoisotopic (exact) mass is 309 g/mol. The summed E-state index contributed by atoms with van der Waals surface area (Å²) in [6.45, 7) is 6.56. The minimum atomic E-state index is 0.571. The molecule has 0 spiro atoms. The summed E-state index contributed by atoms with van der Waals surface area (Å²) >= 11 is 11.1. The van der Waals surface area contributed by atoms with Crippen molar-refractivity contribution in [3.05, 3.63) is 20.8 Å². The highest BCUT2D eigenvalue weighted by molar-refractivity contribution is 9.10. The van der Waals surface area contributed by atoms with Gasteiger partial charge in [-0.2, -0.15) is 0 Å². The van der Waals surface area contributed by atoms with Crippen molar-refractivity contribution in [1.29, 1.82) is 0 Å². The highest BCUT2D eigenvalue weighted by atomic mass is 79.9. The summed E-state index contributed by atoms with van der Waals surface area (Å²) in [5.41, 5.74) is 0. The molecule has 0 atom stereocenters. The van der Waals surface area contributed by atoms with E-state index in [0.717, 1.165) is 25.4 Å². The van der Waals surface area contributed by atoms with Gasteiger partial charge in [-0.3, -0.25) is 4.90 Å². The van der Waals surface area contributed by atoms with E-state index in [-0.39, 0.29) is 0 Å². The van der Waals surface area contributed by atoms with Gasteiger partial charge in [0.25, 0.3) is 0 Å². The van der Waals surface area contributed by atoms with Gasteiger partial charge in [-0.1, -0.05) is 0 Å². The number of nitrogens with zero attached hydrogens (tertiary/aromatic N) is 1. The first-order chi connectivity index (χ1) is 7.15. The fourth-order valence-electron chi connectivity index (χ4n) is 1.41. The van der Waals surface area contributed by atoms with Crippen LogP contribution in [0.25, 0.3) is 0 Å². The summed E-state index contributed by atoms with van der Waals surface area (Å²) in [6, 6.07) is 2.68. The molecule has 0 amide bonds. The molecular formula is C11H17BrClNS. The minimum absolute atomic E-state index is 0.571. The van der Waals surface area contributed by atoms with Crippen LogP contribution in [0.1, 0.15) is 25.1 Å². The quantitative estimate of drug-likeness (QED) is 0.706. The fraction of sp³-hybridized carbons (Fsp3) is 0.636. The molecule has 0 fully saturated rings. The molecule has 0 aliphatic carbocycles. The van der Waals surface area contributed by atoms with E-state index in [1.165, 1.54) is 9.35 Å².